The number of hydrogen-bond acceptors (Lipinski definition) is 0. The van der Waals surface area contributed by atoms with Gasteiger partial charge in [-0.2, -0.15) is 17.7 Å². The Hall–Kier alpha value is 0.0383. The summed E-state index contributed by atoms with van der Waals surface area (Å²) in [6, 6.07) is 8.24. The van der Waals surface area contributed by atoms with Gasteiger partial charge in [0.2, 0.25) is 0 Å². The molecule has 0 nitrogen and oxygen atoms in total. The van der Waals surface area contributed by atoms with Crippen LogP contribution < -0.4 is 0 Å². The van der Waals surface area contributed by atoms with Crippen molar-refractivity contribution in [2.75, 3.05) is 0 Å². The molecule has 0 aliphatic heterocycles. The second-order valence-corrected chi connectivity index (χ2v) is 1.46. The molecule has 0 saturated carbocycles. The molecule has 0 heterocycles. The average Bonchev–Trinajstić information content (AvgIpc) is 1.86. The van der Waals surface area contributed by atoms with E-state index in [0.717, 1.165) is 0 Å². The van der Waals surface area contributed by atoms with Crippen molar-refractivity contribution in [2.24, 2.45) is 0 Å². The van der Waals surface area contributed by atoms with Crippen LogP contribution in [-0.4, -0.2) is 0 Å². The van der Waals surface area contributed by atoms with E-state index in [0.29, 0.717) is 0 Å². The third kappa shape index (κ3) is 1.99. The van der Waals surface area contributed by atoms with Gasteiger partial charge in [0.25, 0.3) is 0 Å². The maximum atomic E-state index is 2.08. The molecule has 0 aromatic heterocycles. The van der Waals surface area contributed by atoms with Gasteiger partial charge in [-0.3, -0.25) is 0 Å². The van der Waals surface area contributed by atoms with Crippen LogP contribution in [0.15, 0.2) is 24.3 Å². The normalized spacial score (nSPS) is 7.57. The van der Waals surface area contributed by atoms with Gasteiger partial charge < -0.3 is 0 Å². The van der Waals surface area contributed by atoms with Crippen molar-refractivity contribution in [3.63, 3.8) is 0 Å². The van der Waals surface area contributed by atoms with E-state index in [9.17, 15) is 0 Å². The van der Waals surface area contributed by atoms with Crippen molar-refractivity contribution < 1.29 is 21.1 Å². The van der Waals surface area contributed by atoms with E-state index < -0.39 is 0 Å². The first-order valence-corrected chi connectivity index (χ1v) is 2.08. The zero-order chi connectivity index (χ0) is 4.41. The zero-order valence-electron chi connectivity index (χ0n) is 4.13. The topological polar surface area (TPSA) is 0 Å². The molecule has 0 saturated heterocycles. The quantitative estimate of drug-likeness (QED) is 0.632. The van der Waals surface area contributed by atoms with Gasteiger partial charge in [-0.15, -0.1) is 0 Å². The fourth-order valence-electron chi connectivity index (χ4n) is 0.470. The van der Waals surface area contributed by atoms with Gasteiger partial charge in [0.05, 0.1) is 0 Å². The maximum Gasteiger partial charge on any atom is 0 e. The Labute approximate surface area is 58.2 Å². The first-order chi connectivity index (χ1) is 2.89. The predicted octanol–water partition coefficient (Wildman–Crippen LogP) is 1.71. The van der Waals surface area contributed by atoms with E-state index in [1.54, 1.807) is 0 Å². The predicted molar refractivity (Wildman–Crippen MR) is 26.8 cm³/mol. The Kier molecular flexibility index (Phi) is 3.11. The van der Waals surface area contributed by atoms with Crippen LogP contribution in [0.5, 0.6) is 0 Å². The molecule has 42 valence electrons. The summed E-state index contributed by atoms with van der Waals surface area (Å²) in [5.41, 5.74) is 1.34. The molecule has 0 aliphatic rings. The molecule has 7 heavy (non-hydrogen) atoms. The molecule has 1 aromatic carbocycles. The van der Waals surface area contributed by atoms with Crippen LogP contribution in [-0.2, 0) is 21.1 Å². The fraction of sp³-hybridized carbons (Fsp3) is 0.167. The largest absolute Gasteiger partial charge is 0.213 e. The van der Waals surface area contributed by atoms with Gasteiger partial charge in [0.1, 0.15) is 0 Å². The van der Waals surface area contributed by atoms with Crippen LogP contribution >= 0.6 is 0 Å². The molecule has 0 radical (unpaired) electrons. The minimum atomic E-state index is 0. The van der Waals surface area contributed by atoms with Gasteiger partial charge in [-0.1, -0.05) is 6.92 Å². The summed E-state index contributed by atoms with van der Waals surface area (Å²) < 4.78 is 0. The van der Waals surface area contributed by atoms with E-state index in [-0.39, 0.29) is 21.1 Å². The fourth-order valence-corrected chi connectivity index (χ4v) is 0.470. The average molecular weight is 274 g/mol. The SMILES string of the molecule is C[c-]1cccc1.[Pt]. The summed E-state index contributed by atoms with van der Waals surface area (Å²) in [7, 11) is 0. The van der Waals surface area contributed by atoms with Crippen molar-refractivity contribution in [3.05, 3.63) is 29.8 Å². The molecule has 1 aromatic rings. The summed E-state index contributed by atoms with van der Waals surface area (Å²) in [5.74, 6) is 0. The summed E-state index contributed by atoms with van der Waals surface area (Å²) in [5, 5.41) is 0. The minimum absolute atomic E-state index is 0. The van der Waals surface area contributed by atoms with Gasteiger partial charge in [-0.25, -0.2) is 12.1 Å². The maximum absolute atomic E-state index is 2.08. The summed E-state index contributed by atoms with van der Waals surface area (Å²) in [6.45, 7) is 2.08. The van der Waals surface area contributed by atoms with Crippen molar-refractivity contribution >= 4 is 0 Å². The Morgan fingerprint density at radius 2 is 1.57 bits per heavy atom. The van der Waals surface area contributed by atoms with Crippen molar-refractivity contribution in [2.45, 2.75) is 6.92 Å². The Balaban J connectivity index is 0.000000360. The minimum Gasteiger partial charge on any atom is -0.213 e. The van der Waals surface area contributed by atoms with E-state index in [1.807, 2.05) is 12.1 Å². The number of aryl methyl sites for hydroxylation is 1. The van der Waals surface area contributed by atoms with Crippen LogP contribution in [0.1, 0.15) is 5.56 Å². The molecular formula is C6H7Pt-. The van der Waals surface area contributed by atoms with Crippen molar-refractivity contribution in [1.29, 1.82) is 0 Å². The molecule has 0 amide bonds. The zero-order valence-corrected chi connectivity index (χ0v) is 6.40. The molecule has 0 atom stereocenters. The third-order valence-corrected chi connectivity index (χ3v) is 0.829. The van der Waals surface area contributed by atoms with Crippen LogP contribution in [0.2, 0.25) is 0 Å². The van der Waals surface area contributed by atoms with E-state index >= 15 is 0 Å². The summed E-state index contributed by atoms with van der Waals surface area (Å²) in [6.07, 6.45) is 0. The Morgan fingerprint density at radius 1 is 1.14 bits per heavy atom. The smallest absolute Gasteiger partial charge is 0 e. The Morgan fingerprint density at radius 3 is 1.71 bits per heavy atom. The van der Waals surface area contributed by atoms with Gasteiger partial charge in [0, 0.05) is 21.1 Å². The molecule has 1 heteroatoms. The molecule has 1 rings (SSSR count). The molecule has 0 fully saturated rings. The third-order valence-electron chi connectivity index (χ3n) is 0.829. The second kappa shape index (κ2) is 3.09. The van der Waals surface area contributed by atoms with Gasteiger partial charge in [-0.05, 0) is 0 Å². The van der Waals surface area contributed by atoms with Crippen LogP contribution in [0.4, 0.5) is 0 Å². The Bertz CT molecular complexity index is 108. The first-order valence-electron chi connectivity index (χ1n) is 2.08. The first kappa shape index (κ1) is 7.04. The summed E-state index contributed by atoms with van der Waals surface area (Å²) >= 11 is 0. The van der Waals surface area contributed by atoms with Crippen LogP contribution in [0.25, 0.3) is 0 Å². The monoisotopic (exact) mass is 274 g/mol. The molecule has 0 spiro atoms. The van der Waals surface area contributed by atoms with E-state index in [4.69, 9.17) is 0 Å². The molecule has 0 bridgehead atoms. The van der Waals surface area contributed by atoms with Gasteiger partial charge >= 0.3 is 0 Å². The molecule has 0 aliphatic carbocycles. The number of hydrogen-bond donors (Lipinski definition) is 0. The molecule has 0 N–H and O–H groups in total. The van der Waals surface area contributed by atoms with Crippen LogP contribution in [0, 0.1) is 6.92 Å². The van der Waals surface area contributed by atoms with Crippen molar-refractivity contribution in [1.82, 2.24) is 0 Å². The molecule has 0 unspecified atom stereocenters. The van der Waals surface area contributed by atoms with Crippen LogP contribution in [0.3, 0.4) is 0 Å². The summed E-state index contributed by atoms with van der Waals surface area (Å²) in [4.78, 5) is 0. The van der Waals surface area contributed by atoms with E-state index in [1.165, 1.54) is 5.56 Å². The number of rotatable bonds is 0. The van der Waals surface area contributed by atoms with Gasteiger partial charge in [0.15, 0.2) is 0 Å². The second-order valence-electron chi connectivity index (χ2n) is 1.46. The standard InChI is InChI=1S/C6H7.Pt/c1-6-4-2-3-5-6;/h2-5H,1H3;/q-1;. The van der Waals surface area contributed by atoms with E-state index in [2.05, 4.69) is 19.1 Å². The van der Waals surface area contributed by atoms with Crippen molar-refractivity contribution in [3.8, 4) is 0 Å². The molecular weight excluding hydrogens is 267 g/mol.